The van der Waals surface area contributed by atoms with E-state index in [-0.39, 0.29) is 34.9 Å². The lowest BCUT2D eigenvalue weighted by atomic mass is 9.99. The van der Waals surface area contributed by atoms with Crippen molar-refractivity contribution in [2.24, 2.45) is 0 Å². The molecular formula is C27H30F4N4O4S. The molecule has 0 amide bonds. The van der Waals surface area contributed by atoms with Crippen LogP contribution in [0.25, 0.3) is 10.9 Å². The first-order chi connectivity index (χ1) is 18.7. The quantitative estimate of drug-likeness (QED) is 0.288. The summed E-state index contributed by atoms with van der Waals surface area (Å²) in [5.41, 5.74) is 1.21. The van der Waals surface area contributed by atoms with Crippen molar-refractivity contribution >= 4 is 32.1 Å². The summed E-state index contributed by atoms with van der Waals surface area (Å²) >= 11 is 0. The molecule has 0 radical (unpaired) electrons. The minimum Gasteiger partial charge on any atom is -0.495 e. The van der Waals surface area contributed by atoms with E-state index in [1.807, 2.05) is 0 Å². The third-order valence-electron chi connectivity index (χ3n) is 6.62. The molecule has 8 nitrogen and oxygen atoms in total. The highest BCUT2D eigenvalue weighted by Crippen LogP contribution is 2.33. The number of methoxy groups -OCH3 is 1. The lowest BCUT2D eigenvalue weighted by Gasteiger charge is -2.39. The van der Waals surface area contributed by atoms with Crippen molar-refractivity contribution in [3.8, 4) is 17.6 Å². The Morgan fingerprint density at radius 2 is 1.95 bits per heavy atom. The van der Waals surface area contributed by atoms with Crippen molar-refractivity contribution in [2.45, 2.75) is 35.9 Å². The van der Waals surface area contributed by atoms with Crippen molar-refractivity contribution in [1.82, 2.24) is 9.47 Å². The Labute approximate surface area is 229 Å². The minimum absolute atomic E-state index is 0.0255. The predicted octanol–water partition coefficient (Wildman–Crippen LogP) is 3.85. The Morgan fingerprint density at radius 1 is 1.20 bits per heavy atom. The number of rotatable bonds is 7. The van der Waals surface area contributed by atoms with E-state index in [4.69, 9.17) is 4.74 Å². The van der Waals surface area contributed by atoms with Crippen LogP contribution in [0.4, 0.5) is 28.9 Å². The Morgan fingerprint density at radius 3 is 2.60 bits per heavy atom. The van der Waals surface area contributed by atoms with Crippen LogP contribution in [0.3, 0.4) is 0 Å². The molecule has 40 heavy (non-hydrogen) atoms. The van der Waals surface area contributed by atoms with Crippen LogP contribution in [-0.4, -0.2) is 81.1 Å². The fraction of sp³-hybridized carbons (Fsp3) is 0.407. The van der Waals surface area contributed by atoms with Gasteiger partial charge in [-0.15, -0.1) is 0 Å². The Balaban J connectivity index is 1.62. The number of hydrogen-bond acceptors (Lipinski definition) is 7. The number of fused-ring (bicyclic) bond motifs is 1. The molecule has 0 bridgehead atoms. The van der Waals surface area contributed by atoms with Gasteiger partial charge in [-0.25, -0.2) is 12.8 Å². The van der Waals surface area contributed by atoms with Gasteiger partial charge in [0.25, 0.3) is 0 Å². The molecule has 1 aliphatic heterocycles. The highest BCUT2D eigenvalue weighted by atomic mass is 32.2. The highest BCUT2D eigenvalue weighted by molar-refractivity contribution is 7.90. The van der Waals surface area contributed by atoms with Crippen LogP contribution in [0, 0.1) is 11.8 Å². The van der Waals surface area contributed by atoms with Crippen LogP contribution in [0.2, 0.25) is 0 Å². The van der Waals surface area contributed by atoms with Crippen molar-refractivity contribution in [3.05, 3.63) is 48.2 Å². The molecule has 1 fully saturated rings. The fourth-order valence-electron chi connectivity index (χ4n) is 4.69. The van der Waals surface area contributed by atoms with E-state index in [1.165, 1.54) is 37.4 Å². The predicted molar refractivity (Wildman–Crippen MR) is 145 cm³/mol. The first-order valence-electron chi connectivity index (χ1n) is 12.3. The Bertz CT molecular complexity index is 1560. The second-order valence-electron chi connectivity index (χ2n) is 9.80. The molecule has 2 atom stereocenters. The summed E-state index contributed by atoms with van der Waals surface area (Å²) in [6.07, 6.45) is -3.14. The molecule has 2 heterocycles. The minimum atomic E-state index is -4.52. The summed E-state index contributed by atoms with van der Waals surface area (Å²) in [5.74, 6) is 3.34. The number of piperidine rings is 1. The Hall–Kier alpha value is -3.47. The number of alkyl halides is 4. The summed E-state index contributed by atoms with van der Waals surface area (Å²) in [4.78, 5) is 1.74. The molecule has 2 aromatic carbocycles. The van der Waals surface area contributed by atoms with E-state index in [2.05, 4.69) is 22.5 Å². The average Bonchev–Trinajstić information content (AvgIpc) is 3.19. The first-order valence-corrected chi connectivity index (χ1v) is 14.2. The van der Waals surface area contributed by atoms with Gasteiger partial charge in [0.05, 0.1) is 48.0 Å². The van der Waals surface area contributed by atoms with Crippen LogP contribution in [0.15, 0.2) is 47.4 Å². The molecule has 1 aliphatic rings. The van der Waals surface area contributed by atoms with Gasteiger partial charge in [0, 0.05) is 29.9 Å². The molecule has 0 aliphatic carbocycles. The number of β-amino-alcohol motifs (C(OH)–C–C–N with tert-alkyl or cyclic N) is 1. The van der Waals surface area contributed by atoms with E-state index in [1.54, 1.807) is 24.1 Å². The number of likely N-dealkylation sites (N-methyl/N-ethyl adjacent to an activating group) is 1. The number of nitrogens with zero attached hydrogens (tertiary/aromatic N) is 2. The maximum atomic E-state index is 14.9. The molecule has 0 unspecified atom stereocenters. The molecule has 13 heteroatoms. The van der Waals surface area contributed by atoms with Gasteiger partial charge in [0.15, 0.2) is 9.84 Å². The maximum Gasteiger partial charge on any atom is 0.406 e. The van der Waals surface area contributed by atoms with Crippen molar-refractivity contribution in [3.63, 3.8) is 0 Å². The summed E-state index contributed by atoms with van der Waals surface area (Å²) in [7, 11) is -0.363. The maximum absolute atomic E-state index is 14.9. The highest BCUT2D eigenvalue weighted by Gasteiger charge is 2.41. The number of anilines is 2. The summed E-state index contributed by atoms with van der Waals surface area (Å²) in [6.45, 7) is -0.904. The van der Waals surface area contributed by atoms with Crippen LogP contribution in [0.1, 0.15) is 12.1 Å². The normalized spacial score (nSPS) is 20.1. The molecule has 3 aromatic rings. The molecule has 3 N–H and O–H groups in total. The third kappa shape index (κ3) is 6.80. The van der Waals surface area contributed by atoms with Gasteiger partial charge in [0.1, 0.15) is 12.3 Å². The molecule has 4 rings (SSSR count). The summed E-state index contributed by atoms with van der Waals surface area (Å²) < 4.78 is 85.3. The summed E-state index contributed by atoms with van der Waals surface area (Å²) in [6, 6.07) is 9.57. The molecule has 216 valence electrons. The SMILES string of the molecule is COc1cc(S(C)(=O)=O)ccc1NCC#Cc1cc2c(N[C@@H]3CCN(C)C[C@@]3(O)F)cccc2n1CC(F)(F)F. The van der Waals surface area contributed by atoms with Gasteiger partial charge in [-0.3, -0.25) is 0 Å². The van der Waals surface area contributed by atoms with Gasteiger partial charge in [-0.1, -0.05) is 12.0 Å². The second-order valence-corrected chi connectivity index (χ2v) is 11.8. The number of likely N-dealkylation sites (tertiary alicyclic amines) is 1. The van der Waals surface area contributed by atoms with Crippen molar-refractivity contribution in [2.75, 3.05) is 50.7 Å². The van der Waals surface area contributed by atoms with Crippen LogP contribution >= 0.6 is 0 Å². The molecule has 1 aromatic heterocycles. The van der Waals surface area contributed by atoms with Gasteiger partial charge >= 0.3 is 6.18 Å². The lowest BCUT2D eigenvalue weighted by Crippen LogP contribution is -2.55. The van der Waals surface area contributed by atoms with Crippen LogP contribution in [-0.2, 0) is 16.4 Å². The van der Waals surface area contributed by atoms with Crippen LogP contribution < -0.4 is 15.4 Å². The van der Waals surface area contributed by atoms with Crippen molar-refractivity contribution < 1.29 is 35.8 Å². The van der Waals surface area contributed by atoms with E-state index in [0.717, 1.165) is 10.8 Å². The lowest BCUT2D eigenvalue weighted by molar-refractivity contribution is -0.140. The molecule has 1 saturated heterocycles. The number of aromatic nitrogens is 1. The van der Waals surface area contributed by atoms with Gasteiger partial charge in [0.2, 0.25) is 5.85 Å². The largest absolute Gasteiger partial charge is 0.495 e. The second kappa shape index (κ2) is 11.2. The fourth-order valence-corrected chi connectivity index (χ4v) is 5.33. The number of aliphatic hydroxyl groups is 1. The first kappa shape index (κ1) is 29.5. The van der Waals surface area contributed by atoms with Gasteiger partial charge in [-0.05, 0) is 49.7 Å². The number of nitrogens with one attached hydrogen (secondary N) is 2. The number of benzene rings is 2. The zero-order valence-electron chi connectivity index (χ0n) is 22.1. The van der Waals surface area contributed by atoms with E-state index < -0.39 is 34.5 Å². The Kier molecular flexibility index (Phi) is 8.26. The number of hydrogen-bond donors (Lipinski definition) is 3. The van der Waals surface area contributed by atoms with E-state index >= 15 is 0 Å². The molecule has 0 saturated carbocycles. The van der Waals surface area contributed by atoms with E-state index in [0.29, 0.717) is 29.7 Å². The smallest absolute Gasteiger partial charge is 0.406 e. The standard InChI is InChI=1S/C27H30F4N4O4S/c1-34-13-11-25(26(28,36)16-34)33-21-7-4-8-23-20(21)14-18(35(23)17-27(29,30)31)6-5-12-32-22-10-9-19(40(3,37)38)15-24(22)39-2/h4,7-10,14-15,25,32-33,36H,11-13,16-17H2,1-3H3/t25-,26+/m1/s1. The van der Waals surface area contributed by atoms with Gasteiger partial charge in [-0.2, -0.15) is 13.2 Å². The van der Waals surface area contributed by atoms with E-state index in [9.17, 15) is 31.1 Å². The van der Waals surface area contributed by atoms with Crippen molar-refractivity contribution in [1.29, 1.82) is 0 Å². The summed E-state index contributed by atoms with van der Waals surface area (Å²) in [5, 5.41) is 16.7. The number of sulfone groups is 1. The zero-order valence-corrected chi connectivity index (χ0v) is 23.0. The average molecular weight is 583 g/mol. The number of ether oxygens (including phenoxy) is 1. The number of halogens is 4. The topological polar surface area (TPSA) is 95.8 Å². The van der Waals surface area contributed by atoms with Crippen LogP contribution in [0.5, 0.6) is 5.75 Å². The molecule has 0 spiro atoms. The zero-order chi connectivity index (χ0) is 29.3. The monoisotopic (exact) mass is 582 g/mol. The molecular weight excluding hydrogens is 552 g/mol. The van der Waals surface area contributed by atoms with Gasteiger partial charge < -0.3 is 29.9 Å². The third-order valence-corrected chi connectivity index (χ3v) is 7.73.